The van der Waals surface area contributed by atoms with E-state index in [4.69, 9.17) is 5.73 Å². The molecule has 0 saturated heterocycles. The van der Waals surface area contributed by atoms with Gasteiger partial charge in [0.2, 0.25) is 0 Å². The van der Waals surface area contributed by atoms with Gasteiger partial charge in [-0.15, -0.1) is 0 Å². The fourth-order valence-corrected chi connectivity index (χ4v) is 2.60. The molecule has 98 valence electrons. The van der Waals surface area contributed by atoms with Crippen LogP contribution in [0, 0.1) is 5.92 Å². The first-order chi connectivity index (χ1) is 8.76. The highest BCUT2D eigenvalue weighted by Gasteiger charge is 2.09. The molecule has 2 nitrogen and oxygen atoms in total. The Morgan fingerprint density at radius 1 is 1.22 bits per heavy atom. The summed E-state index contributed by atoms with van der Waals surface area (Å²) >= 11 is 0. The number of nitrogens with two attached hydrogens (primary N) is 1. The molecule has 0 amide bonds. The number of aromatic nitrogens is 1. The van der Waals surface area contributed by atoms with Crippen molar-refractivity contribution in [3.05, 3.63) is 30.5 Å². The van der Waals surface area contributed by atoms with Crippen molar-refractivity contribution in [2.45, 2.75) is 46.1 Å². The number of hydrogen-bond acceptors (Lipinski definition) is 1. The maximum atomic E-state index is 6.00. The van der Waals surface area contributed by atoms with Crippen molar-refractivity contribution in [3.8, 4) is 0 Å². The van der Waals surface area contributed by atoms with Crippen LogP contribution in [0.4, 0.5) is 5.69 Å². The Labute approximate surface area is 110 Å². The largest absolute Gasteiger partial charge is 0.398 e. The zero-order chi connectivity index (χ0) is 13.0. The van der Waals surface area contributed by atoms with Gasteiger partial charge >= 0.3 is 0 Å². The molecule has 0 radical (unpaired) electrons. The molecule has 0 bridgehead atoms. The van der Waals surface area contributed by atoms with E-state index >= 15 is 0 Å². The average molecular weight is 244 g/mol. The topological polar surface area (TPSA) is 30.9 Å². The van der Waals surface area contributed by atoms with E-state index in [9.17, 15) is 0 Å². The third kappa shape index (κ3) is 2.69. The molecule has 0 aliphatic heterocycles. The van der Waals surface area contributed by atoms with E-state index in [0.717, 1.165) is 18.2 Å². The summed E-state index contributed by atoms with van der Waals surface area (Å²) in [4.78, 5) is 0. The van der Waals surface area contributed by atoms with Crippen molar-refractivity contribution in [1.29, 1.82) is 0 Å². The average Bonchev–Trinajstić information content (AvgIpc) is 2.79. The molecular weight excluding hydrogens is 220 g/mol. The third-order valence-corrected chi connectivity index (χ3v) is 3.85. The third-order valence-electron chi connectivity index (χ3n) is 3.85. The zero-order valence-corrected chi connectivity index (χ0v) is 11.5. The molecule has 1 heterocycles. The highest BCUT2D eigenvalue weighted by Crippen LogP contribution is 2.24. The smallest absolute Gasteiger partial charge is 0.0501 e. The number of hydrogen-bond donors (Lipinski definition) is 1. The predicted octanol–water partition coefficient (Wildman–Crippen LogP) is 4.44. The van der Waals surface area contributed by atoms with Crippen LogP contribution in [0.1, 0.15) is 39.5 Å². The maximum Gasteiger partial charge on any atom is 0.0501 e. The SMILES string of the molecule is CCCCC(CC)Cn1ccc2c(N)cccc21. The molecule has 0 aliphatic carbocycles. The molecule has 1 atom stereocenters. The van der Waals surface area contributed by atoms with E-state index in [0.29, 0.717) is 0 Å². The predicted molar refractivity (Wildman–Crippen MR) is 79.7 cm³/mol. The summed E-state index contributed by atoms with van der Waals surface area (Å²) in [5, 5.41) is 1.18. The number of benzene rings is 1. The number of anilines is 1. The highest BCUT2D eigenvalue weighted by atomic mass is 15.0. The second kappa shape index (κ2) is 5.94. The second-order valence-corrected chi connectivity index (χ2v) is 5.16. The molecule has 2 heteroatoms. The molecule has 1 aromatic heterocycles. The zero-order valence-electron chi connectivity index (χ0n) is 11.5. The summed E-state index contributed by atoms with van der Waals surface area (Å²) in [6, 6.07) is 8.32. The van der Waals surface area contributed by atoms with Crippen LogP contribution in [0.5, 0.6) is 0 Å². The van der Waals surface area contributed by atoms with Crippen LogP contribution >= 0.6 is 0 Å². The van der Waals surface area contributed by atoms with E-state index in [-0.39, 0.29) is 0 Å². The highest BCUT2D eigenvalue weighted by molar-refractivity contribution is 5.91. The summed E-state index contributed by atoms with van der Waals surface area (Å²) in [5.74, 6) is 0.780. The van der Waals surface area contributed by atoms with Gasteiger partial charge in [0.15, 0.2) is 0 Å². The van der Waals surface area contributed by atoms with Crippen LogP contribution in [0.15, 0.2) is 30.5 Å². The van der Waals surface area contributed by atoms with Crippen molar-refractivity contribution in [1.82, 2.24) is 4.57 Å². The molecule has 1 unspecified atom stereocenters. The van der Waals surface area contributed by atoms with Crippen LogP contribution in [-0.2, 0) is 6.54 Å². The lowest BCUT2D eigenvalue weighted by Gasteiger charge is -2.16. The van der Waals surface area contributed by atoms with E-state index in [1.54, 1.807) is 0 Å². The normalized spacial score (nSPS) is 13.0. The Hall–Kier alpha value is -1.44. The van der Waals surface area contributed by atoms with Crippen molar-refractivity contribution >= 4 is 16.6 Å². The summed E-state index contributed by atoms with van der Waals surface area (Å²) < 4.78 is 2.36. The fourth-order valence-electron chi connectivity index (χ4n) is 2.60. The Kier molecular flexibility index (Phi) is 4.29. The minimum atomic E-state index is 0.780. The number of rotatable bonds is 6. The summed E-state index contributed by atoms with van der Waals surface area (Å²) in [6.45, 7) is 5.67. The van der Waals surface area contributed by atoms with Crippen LogP contribution in [-0.4, -0.2) is 4.57 Å². The van der Waals surface area contributed by atoms with Gasteiger partial charge in [-0.25, -0.2) is 0 Å². The molecule has 2 aromatic rings. The van der Waals surface area contributed by atoms with E-state index in [1.165, 1.54) is 36.6 Å². The number of nitrogens with zero attached hydrogens (tertiary/aromatic N) is 1. The Morgan fingerprint density at radius 2 is 2.06 bits per heavy atom. The van der Waals surface area contributed by atoms with Crippen LogP contribution in [0.2, 0.25) is 0 Å². The Balaban J connectivity index is 2.18. The number of unbranched alkanes of at least 4 members (excludes halogenated alkanes) is 1. The quantitative estimate of drug-likeness (QED) is 0.748. The Morgan fingerprint density at radius 3 is 2.78 bits per heavy atom. The van der Waals surface area contributed by atoms with Crippen molar-refractivity contribution in [2.75, 3.05) is 5.73 Å². The fraction of sp³-hybridized carbons (Fsp3) is 0.500. The first-order valence-corrected chi connectivity index (χ1v) is 7.09. The van der Waals surface area contributed by atoms with Crippen molar-refractivity contribution in [2.24, 2.45) is 5.92 Å². The van der Waals surface area contributed by atoms with Gasteiger partial charge in [0.1, 0.15) is 0 Å². The molecule has 0 aliphatic rings. The van der Waals surface area contributed by atoms with Gasteiger partial charge in [0.05, 0.1) is 5.52 Å². The summed E-state index contributed by atoms with van der Waals surface area (Å²) in [7, 11) is 0. The first-order valence-electron chi connectivity index (χ1n) is 7.09. The second-order valence-electron chi connectivity index (χ2n) is 5.16. The van der Waals surface area contributed by atoms with Gasteiger partial charge in [-0.1, -0.05) is 39.2 Å². The lowest BCUT2D eigenvalue weighted by molar-refractivity contribution is 0.396. The lowest BCUT2D eigenvalue weighted by atomic mass is 9.99. The van der Waals surface area contributed by atoms with E-state index < -0.39 is 0 Å². The molecular formula is C16H24N2. The van der Waals surface area contributed by atoms with Gasteiger partial charge in [0.25, 0.3) is 0 Å². The lowest BCUT2D eigenvalue weighted by Crippen LogP contribution is -2.09. The molecule has 18 heavy (non-hydrogen) atoms. The molecule has 2 rings (SSSR count). The minimum absolute atomic E-state index is 0.780. The minimum Gasteiger partial charge on any atom is -0.398 e. The van der Waals surface area contributed by atoms with E-state index in [1.807, 2.05) is 12.1 Å². The van der Waals surface area contributed by atoms with Crippen molar-refractivity contribution < 1.29 is 0 Å². The number of nitrogen functional groups attached to an aromatic ring is 1. The van der Waals surface area contributed by atoms with Gasteiger partial charge in [-0.2, -0.15) is 0 Å². The molecule has 1 aromatic carbocycles. The standard InChI is InChI=1S/C16H24N2/c1-3-5-7-13(4-2)12-18-11-10-14-15(17)8-6-9-16(14)18/h6,8-11,13H,3-5,7,12,17H2,1-2H3. The van der Waals surface area contributed by atoms with Crippen LogP contribution in [0.3, 0.4) is 0 Å². The van der Waals surface area contributed by atoms with Gasteiger partial charge < -0.3 is 10.3 Å². The monoisotopic (exact) mass is 244 g/mol. The van der Waals surface area contributed by atoms with E-state index in [2.05, 4.69) is 36.7 Å². The molecule has 2 N–H and O–H groups in total. The van der Waals surface area contributed by atoms with Crippen LogP contribution < -0.4 is 5.73 Å². The first kappa shape index (κ1) is 13.0. The van der Waals surface area contributed by atoms with Gasteiger partial charge in [-0.05, 0) is 30.5 Å². The summed E-state index contributed by atoms with van der Waals surface area (Å²) in [5.41, 5.74) is 8.15. The Bertz CT molecular complexity index is 499. The molecule has 0 spiro atoms. The van der Waals surface area contributed by atoms with Crippen molar-refractivity contribution in [3.63, 3.8) is 0 Å². The van der Waals surface area contributed by atoms with Gasteiger partial charge in [-0.3, -0.25) is 0 Å². The number of fused-ring (bicyclic) bond motifs is 1. The van der Waals surface area contributed by atoms with Gasteiger partial charge in [0, 0.05) is 23.8 Å². The molecule has 0 fully saturated rings. The maximum absolute atomic E-state index is 6.00. The molecule has 0 saturated carbocycles. The summed E-state index contributed by atoms with van der Waals surface area (Å²) in [6.07, 6.45) is 7.38. The van der Waals surface area contributed by atoms with Crippen LogP contribution in [0.25, 0.3) is 10.9 Å².